The third-order valence-corrected chi connectivity index (χ3v) is 15.5. The molecule has 12 aromatic rings. The molecule has 1 spiro atoms. The second kappa shape index (κ2) is 13.1. The van der Waals surface area contributed by atoms with E-state index >= 15 is 0 Å². The van der Waals surface area contributed by atoms with Gasteiger partial charge in [0.05, 0.1) is 11.1 Å². The van der Waals surface area contributed by atoms with Gasteiger partial charge in [-0.3, -0.25) is 0 Å². The maximum Gasteiger partial charge on any atom is 0.160 e. The molecule has 3 aliphatic carbocycles. The van der Waals surface area contributed by atoms with Crippen LogP contribution < -0.4 is 4.90 Å². The molecule has 15 rings (SSSR count). The van der Waals surface area contributed by atoms with Gasteiger partial charge in [0.2, 0.25) is 0 Å². The van der Waals surface area contributed by atoms with Gasteiger partial charge in [-0.1, -0.05) is 184 Å². The first-order valence-electron chi connectivity index (χ1n) is 23.3. The second-order valence-electron chi connectivity index (χ2n) is 19.1. The molecule has 0 unspecified atom stereocenters. The summed E-state index contributed by atoms with van der Waals surface area (Å²) in [6, 6.07) is 78.1. The molecule has 10 aromatic carbocycles. The lowest BCUT2D eigenvalue weighted by molar-refractivity contribution is 0.660. The zero-order chi connectivity index (χ0) is 44.2. The minimum absolute atomic E-state index is 0.196. The number of nitrogens with zero attached hydrogens (tertiary/aromatic N) is 1. The molecular weight excluding hydrogens is 815 g/mol. The Morgan fingerprint density at radius 3 is 1.58 bits per heavy atom. The minimum Gasteiger partial charge on any atom is -0.455 e. The number of hydrogen-bond donors (Lipinski definition) is 0. The molecule has 314 valence electrons. The Morgan fingerprint density at radius 2 is 0.866 bits per heavy atom. The van der Waals surface area contributed by atoms with Gasteiger partial charge in [-0.05, 0) is 115 Å². The van der Waals surface area contributed by atoms with Crippen LogP contribution in [-0.2, 0) is 10.8 Å². The molecule has 2 heterocycles. The van der Waals surface area contributed by atoms with Crippen molar-refractivity contribution in [3.8, 4) is 44.5 Å². The highest BCUT2D eigenvalue weighted by atomic mass is 16.3. The van der Waals surface area contributed by atoms with E-state index < -0.39 is 5.41 Å². The fourth-order valence-corrected chi connectivity index (χ4v) is 12.6. The largest absolute Gasteiger partial charge is 0.455 e. The average Bonchev–Trinajstić information content (AvgIpc) is 4.16. The molecule has 0 saturated carbocycles. The van der Waals surface area contributed by atoms with Crippen LogP contribution in [0.1, 0.15) is 47.2 Å². The summed E-state index contributed by atoms with van der Waals surface area (Å²) in [6.45, 7) is 4.73. The lowest BCUT2D eigenvalue weighted by Gasteiger charge is -2.32. The summed E-state index contributed by atoms with van der Waals surface area (Å²) >= 11 is 0. The average molecular weight is 856 g/mol. The first-order chi connectivity index (χ1) is 33.0. The maximum atomic E-state index is 7.24. The van der Waals surface area contributed by atoms with Crippen LogP contribution in [0.5, 0.6) is 0 Å². The molecule has 3 heteroatoms. The van der Waals surface area contributed by atoms with Crippen LogP contribution in [0.4, 0.5) is 17.1 Å². The van der Waals surface area contributed by atoms with Crippen LogP contribution in [-0.4, -0.2) is 0 Å². The van der Waals surface area contributed by atoms with E-state index in [2.05, 4.69) is 225 Å². The molecule has 2 aromatic heterocycles. The van der Waals surface area contributed by atoms with E-state index in [0.717, 1.165) is 72.1 Å². The van der Waals surface area contributed by atoms with Gasteiger partial charge in [0.25, 0.3) is 0 Å². The van der Waals surface area contributed by atoms with Gasteiger partial charge >= 0.3 is 0 Å². The molecule has 0 saturated heterocycles. The summed E-state index contributed by atoms with van der Waals surface area (Å²) in [5, 5.41) is 4.50. The Balaban J connectivity index is 1.04. The van der Waals surface area contributed by atoms with Crippen LogP contribution in [0.15, 0.2) is 221 Å². The summed E-state index contributed by atoms with van der Waals surface area (Å²) in [7, 11) is 0. The van der Waals surface area contributed by atoms with Gasteiger partial charge in [0, 0.05) is 43.9 Å². The quantitative estimate of drug-likeness (QED) is 0.177. The standard InChI is InChI=1S/C64H41NO2/c1-63(2)50-24-9-3-16-42(50)45-35-34-40(36-54(45)63)65(39-32-30-38(31-33-39)41-22-15-23-47-46-19-7-13-28-57(46)66-61(41)47)56-37-55-59(60-49-21-8-14-29-58(49)67-62(56)60)48-20-6-12-27-53(48)64(55)51-25-10-4-17-43(51)44-18-5-11-26-52(44)64/h3-37H,1-2H3. The van der Waals surface area contributed by atoms with Crippen molar-refractivity contribution in [2.24, 2.45) is 0 Å². The van der Waals surface area contributed by atoms with Crippen molar-refractivity contribution in [3.05, 3.63) is 246 Å². The van der Waals surface area contributed by atoms with E-state index in [9.17, 15) is 0 Å². The summed E-state index contributed by atoms with van der Waals surface area (Å²) in [6.07, 6.45) is 0. The Bertz CT molecular complexity index is 4040. The molecule has 0 amide bonds. The molecule has 0 aliphatic heterocycles. The Morgan fingerprint density at radius 1 is 0.358 bits per heavy atom. The number of hydrogen-bond acceptors (Lipinski definition) is 3. The van der Waals surface area contributed by atoms with Gasteiger partial charge in [-0.15, -0.1) is 0 Å². The highest BCUT2D eigenvalue weighted by Gasteiger charge is 2.53. The Kier molecular flexibility index (Phi) is 7.22. The van der Waals surface area contributed by atoms with Gasteiger partial charge in [0.15, 0.2) is 5.58 Å². The molecule has 0 bridgehead atoms. The van der Waals surface area contributed by atoms with E-state index in [0.29, 0.717) is 0 Å². The highest BCUT2D eigenvalue weighted by molar-refractivity contribution is 6.20. The molecule has 0 N–H and O–H groups in total. The smallest absolute Gasteiger partial charge is 0.160 e. The molecule has 0 radical (unpaired) electrons. The summed E-state index contributed by atoms with van der Waals surface area (Å²) in [5.74, 6) is 0. The molecule has 0 atom stereocenters. The van der Waals surface area contributed by atoms with Crippen LogP contribution in [0, 0.1) is 0 Å². The van der Waals surface area contributed by atoms with Crippen LogP contribution in [0.2, 0.25) is 0 Å². The number of para-hydroxylation sites is 3. The summed E-state index contributed by atoms with van der Waals surface area (Å²) < 4.78 is 13.8. The fourth-order valence-electron chi connectivity index (χ4n) is 12.6. The zero-order valence-electron chi connectivity index (χ0n) is 37.0. The first kappa shape index (κ1) is 36.9. The predicted octanol–water partition coefficient (Wildman–Crippen LogP) is 17.3. The van der Waals surface area contributed by atoms with Gasteiger partial charge < -0.3 is 13.7 Å². The Hall–Kier alpha value is -8.40. The zero-order valence-corrected chi connectivity index (χ0v) is 37.0. The van der Waals surface area contributed by atoms with Crippen molar-refractivity contribution in [3.63, 3.8) is 0 Å². The number of benzene rings is 10. The van der Waals surface area contributed by atoms with Crippen molar-refractivity contribution >= 4 is 60.9 Å². The van der Waals surface area contributed by atoms with Crippen LogP contribution in [0.25, 0.3) is 88.4 Å². The normalized spacial score (nSPS) is 14.4. The number of furan rings is 2. The van der Waals surface area contributed by atoms with E-state index in [1.165, 1.54) is 66.8 Å². The van der Waals surface area contributed by atoms with Crippen molar-refractivity contribution in [2.45, 2.75) is 24.7 Å². The molecule has 3 nitrogen and oxygen atoms in total. The molecular formula is C64H41NO2. The number of rotatable bonds is 4. The van der Waals surface area contributed by atoms with E-state index in [4.69, 9.17) is 8.83 Å². The monoisotopic (exact) mass is 855 g/mol. The van der Waals surface area contributed by atoms with Crippen molar-refractivity contribution in [2.75, 3.05) is 4.90 Å². The second-order valence-corrected chi connectivity index (χ2v) is 19.1. The molecule has 3 aliphatic rings. The highest BCUT2D eigenvalue weighted by Crippen LogP contribution is 2.65. The van der Waals surface area contributed by atoms with E-state index in [-0.39, 0.29) is 5.41 Å². The Labute approximate surface area is 387 Å². The SMILES string of the molecule is CC1(C)c2ccccc2-c2ccc(N(c3ccc(-c4cccc5c4oc4ccccc45)cc3)c3cc4c(c5c3oc3ccccc35)-c3ccccc3C43c4ccccc4-c4ccccc43)cc21. The third kappa shape index (κ3) is 4.70. The van der Waals surface area contributed by atoms with E-state index in [1.54, 1.807) is 0 Å². The van der Waals surface area contributed by atoms with Crippen molar-refractivity contribution < 1.29 is 8.83 Å². The van der Waals surface area contributed by atoms with Gasteiger partial charge in [0.1, 0.15) is 16.7 Å². The molecule has 0 fully saturated rings. The number of anilines is 3. The van der Waals surface area contributed by atoms with Crippen molar-refractivity contribution in [1.82, 2.24) is 0 Å². The summed E-state index contributed by atoms with van der Waals surface area (Å²) in [5.41, 5.74) is 23.6. The van der Waals surface area contributed by atoms with Crippen LogP contribution in [0.3, 0.4) is 0 Å². The lowest BCUT2D eigenvalue weighted by atomic mass is 9.70. The van der Waals surface area contributed by atoms with Crippen LogP contribution >= 0.6 is 0 Å². The fraction of sp³-hybridized carbons (Fsp3) is 0.0625. The molecule has 67 heavy (non-hydrogen) atoms. The van der Waals surface area contributed by atoms with Crippen molar-refractivity contribution in [1.29, 1.82) is 0 Å². The maximum absolute atomic E-state index is 7.24. The van der Waals surface area contributed by atoms with Gasteiger partial charge in [-0.25, -0.2) is 0 Å². The minimum atomic E-state index is -0.553. The van der Waals surface area contributed by atoms with E-state index in [1.807, 2.05) is 6.07 Å². The van der Waals surface area contributed by atoms with Gasteiger partial charge in [-0.2, -0.15) is 0 Å². The third-order valence-electron chi connectivity index (χ3n) is 15.5. The predicted molar refractivity (Wildman–Crippen MR) is 275 cm³/mol. The summed E-state index contributed by atoms with van der Waals surface area (Å²) in [4.78, 5) is 2.46. The topological polar surface area (TPSA) is 29.5 Å². The number of fused-ring (bicyclic) bond motifs is 20. The lowest BCUT2D eigenvalue weighted by Crippen LogP contribution is -2.26. The first-order valence-corrected chi connectivity index (χ1v) is 23.3.